The van der Waals surface area contributed by atoms with Crippen LogP contribution in [0.15, 0.2) is 24.5 Å². The highest BCUT2D eigenvalue weighted by molar-refractivity contribution is 6.30. The lowest BCUT2D eigenvalue weighted by Crippen LogP contribution is -2.04. The maximum atomic E-state index is 6.16. The molecule has 1 heterocycles. The maximum Gasteiger partial charge on any atom is 0.138 e. The van der Waals surface area contributed by atoms with E-state index in [9.17, 15) is 0 Å². The highest BCUT2D eigenvalue weighted by atomic mass is 35.5. The molecule has 2 aromatic rings. The summed E-state index contributed by atoms with van der Waals surface area (Å²) in [6.07, 6.45) is 1.49. The molecule has 3 nitrogen and oxygen atoms in total. The topological polar surface area (TPSA) is 37.8 Å². The van der Waals surface area contributed by atoms with Crippen LogP contribution in [0.25, 0.3) is 0 Å². The first kappa shape index (κ1) is 13.8. The summed E-state index contributed by atoms with van der Waals surface area (Å²) in [5.74, 6) is 1.05. The number of nitrogens with zero attached hydrogens (tertiary/aromatic N) is 2. The van der Waals surface area contributed by atoms with Gasteiger partial charge in [0.2, 0.25) is 0 Å². The molecule has 19 heavy (non-hydrogen) atoms. The SMILES string of the molecule is Cc1ccc(Nc2ncnc(Cl)c2C(C)C)c(C)c1. The third kappa shape index (κ3) is 3.04. The Balaban J connectivity index is 2.41. The first-order chi connectivity index (χ1) is 8.99. The molecule has 0 amide bonds. The molecule has 0 bridgehead atoms. The van der Waals surface area contributed by atoms with Crippen LogP contribution in [-0.4, -0.2) is 9.97 Å². The predicted octanol–water partition coefficient (Wildman–Crippen LogP) is 4.61. The normalized spacial score (nSPS) is 10.8. The molecule has 0 saturated carbocycles. The van der Waals surface area contributed by atoms with E-state index in [0.29, 0.717) is 5.15 Å². The van der Waals surface area contributed by atoms with Crippen LogP contribution in [0, 0.1) is 13.8 Å². The van der Waals surface area contributed by atoms with E-state index in [1.165, 1.54) is 17.5 Å². The number of halogens is 1. The first-order valence-electron chi connectivity index (χ1n) is 6.33. The molecular formula is C15H18ClN3. The van der Waals surface area contributed by atoms with Crippen molar-refractivity contribution in [3.63, 3.8) is 0 Å². The molecule has 0 unspecified atom stereocenters. The molecule has 1 N–H and O–H groups in total. The van der Waals surface area contributed by atoms with E-state index in [-0.39, 0.29) is 5.92 Å². The van der Waals surface area contributed by atoms with Gasteiger partial charge in [0.15, 0.2) is 0 Å². The van der Waals surface area contributed by atoms with Crippen molar-refractivity contribution in [3.8, 4) is 0 Å². The Morgan fingerprint density at radius 2 is 1.89 bits per heavy atom. The van der Waals surface area contributed by atoms with Crippen LogP contribution < -0.4 is 5.32 Å². The van der Waals surface area contributed by atoms with Crippen molar-refractivity contribution in [2.45, 2.75) is 33.6 Å². The zero-order chi connectivity index (χ0) is 14.0. The van der Waals surface area contributed by atoms with Crippen LogP contribution in [0.4, 0.5) is 11.5 Å². The molecule has 0 fully saturated rings. The number of rotatable bonds is 3. The second-order valence-corrected chi connectivity index (χ2v) is 5.38. The molecule has 0 spiro atoms. The van der Waals surface area contributed by atoms with E-state index in [4.69, 9.17) is 11.6 Å². The van der Waals surface area contributed by atoms with Gasteiger partial charge in [0.25, 0.3) is 0 Å². The molecule has 0 aliphatic rings. The van der Waals surface area contributed by atoms with E-state index in [1.54, 1.807) is 0 Å². The molecule has 0 atom stereocenters. The fraction of sp³-hybridized carbons (Fsp3) is 0.333. The summed E-state index contributed by atoms with van der Waals surface area (Å²) in [6, 6.07) is 6.28. The highest BCUT2D eigenvalue weighted by Crippen LogP contribution is 2.30. The van der Waals surface area contributed by atoms with Gasteiger partial charge in [-0.05, 0) is 31.4 Å². The number of aromatic nitrogens is 2. The smallest absolute Gasteiger partial charge is 0.138 e. The quantitative estimate of drug-likeness (QED) is 0.831. The van der Waals surface area contributed by atoms with E-state index in [0.717, 1.165) is 17.1 Å². The average molecular weight is 276 g/mol. The van der Waals surface area contributed by atoms with Crippen LogP contribution >= 0.6 is 11.6 Å². The van der Waals surface area contributed by atoms with Crippen LogP contribution in [0.3, 0.4) is 0 Å². The second-order valence-electron chi connectivity index (χ2n) is 5.02. The third-order valence-corrected chi connectivity index (χ3v) is 3.35. The first-order valence-corrected chi connectivity index (χ1v) is 6.71. The van der Waals surface area contributed by atoms with Crippen LogP contribution in [-0.2, 0) is 0 Å². The number of aryl methyl sites for hydroxylation is 2. The molecule has 100 valence electrons. The van der Waals surface area contributed by atoms with Gasteiger partial charge in [0.05, 0.1) is 0 Å². The van der Waals surface area contributed by atoms with E-state index in [1.807, 2.05) is 0 Å². The summed E-state index contributed by atoms with van der Waals surface area (Å²) in [5, 5.41) is 3.87. The zero-order valence-electron chi connectivity index (χ0n) is 11.7. The molecule has 0 saturated heterocycles. The zero-order valence-corrected chi connectivity index (χ0v) is 12.4. The van der Waals surface area contributed by atoms with Gasteiger partial charge in [-0.3, -0.25) is 0 Å². The van der Waals surface area contributed by atoms with Gasteiger partial charge in [-0.25, -0.2) is 9.97 Å². The third-order valence-electron chi connectivity index (χ3n) is 3.05. The molecule has 0 aliphatic heterocycles. The summed E-state index contributed by atoms with van der Waals surface area (Å²) < 4.78 is 0. The van der Waals surface area contributed by atoms with Crippen LogP contribution in [0.2, 0.25) is 5.15 Å². The fourth-order valence-corrected chi connectivity index (χ4v) is 2.42. The predicted molar refractivity (Wildman–Crippen MR) is 80.3 cm³/mol. The van der Waals surface area contributed by atoms with Gasteiger partial charge in [0, 0.05) is 11.3 Å². The molecule has 4 heteroatoms. The minimum absolute atomic E-state index is 0.266. The van der Waals surface area contributed by atoms with Crippen LogP contribution in [0.1, 0.15) is 36.5 Å². The molecular weight excluding hydrogens is 258 g/mol. The van der Waals surface area contributed by atoms with Gasteiger partial charge in [-0.15, -0.1) is 0 Å². The van der Waals surface area contributed by atoms with Crippen molar-refractivity contribution in [3.05, 3.63) is 46.4 Å². The summed E-state index contributed by atoms with van der Waals surface area (Å²) in [7, 11) is 0. The van der Waals surface area contributed by atoms with Crippen molar-refractivity contribution in [2.24, 2.45) is 0 Å². The van der Waals surface area contributed by atoms with Gasteiger partial charge in [-0.2, -0.15) is 0 Å². The van der Waals surface area contributed by atoms with E-state index < -0.39 is 0 Å². The molecule has 1 aromatic carbocycles. The van der Waals surface area contributed by atoms with Gasteiger partial charge < -0.3 is 5.32 Å². The monoisotopic (exact) mass is 275 g/mol. The Morgan fingerprint density at radius 3 is 2.53 bits per heavy atom. The summed E-state index contributed by atoms with van der Waals surface area (Å²) >= 11 is 6.16. The number of hydrogen-bond acceptors (Lipinski definition) is 3. The Hall–Kier alpha value is -1.61. The number of anilines is 2. The summed E-state index contributed by atoms with van der Waals surface area (Å²) in [4.78, 5) is 8.37. The van der Waals surface area contributed by atoms with Crippen LogP contribution in [0.5, 0.6) is 0 Å². The van der Waals surface area contributed by atoms with E-state index >= 15 is 0 Å². The van der Waals surface area contributed by atoms with Crippen molar-refractivity contribution in [1.82, 2.24) is 9.97 Å². The minimum atomic E-state index is 0.266. The van der Waals surface area contributed by atoms with Gasteiger partial charge in [0.1, 0.15) is 17.3 Å². The Morgan fingerprint density at radius 1 is 1.16 bits per heavy atom. The summed E-state index contributed by atoms with van der Waals surface area (Å²) in [6.45, 7) is 8.32. The average Bonchev–Trinajstić information content (AvgIpc) is 2.32. The maximum absolute atomic E-state index is 6.16. The number of hydrogen-bond donors (Lipinski definition) is 1. The van der Waals surface area contributed by atoms with Gasteiger partial charge in [-0.1, -0.05) is 43.1 Å². The van der Waals surface area contributed by atoms with Crippen molar-refractivity contribution < 1.29 is 0 Å². The molecule has 0 aliphatic carbocycles. The molecule has 0 radical (unpaired) electrons. The second kappa shape index (κ2) is 5.57. The molecule has 1 aromatic heterocycles. The number of benzene rings is 1. The Bertz CT molecular complexity index is 594. The van der Waals surface area contributed by atoms with Crippen molar-refractivity contribution >= 4 is 23.1 Å². The lowest BCUT2D eigenvalue weighted by atomic mass is 10.1. The standard InChI is InChI=1S/C15H18ClN3/c1-9(2)13-14(16)17-8-18-15(13)19-12-6-5-10(3)7-11(12)4/h5-9H,1-4H3,(H,17,18,19). The van der Waals surface area contributed by atoms with Gasteiger partial charge >= 0.3 is 0 Å². The number of nitrogens with one attached hydrogen (secondary N) is 1. The molecule has 2 rings (SSSR count). The van der Waals surface area contributed by atoms with E-state index in [2.05, 4.69) is 61.2 Å². The Kier molecular flexibility index (Phi) is 4.05. The van der Waals surface area contributed by atoms with Crippen molar-refractivity contribution in [1.29, 1.82) is 0 Å². The summed E-state index contributed by atoms with van der Waals surface area (Å²) in [5.41, 5.74) is 4.42. The Labute approximate surface area is 119 Å². The fourth-order valence-electron chi connectivity index (χ4n) is 2.07. The lowest BCUT2D eigenvalue weighted by molar-refractivity contribution is 0.850. The largest absolute Gasteiger partial charge is 0.340 e. The minimum Gasteiger partial charge on any atom is -0.340 e. The van der Waals surface area contributed by atoms with Crippen molar-refractivity contribution in [2.75, 3.05) is 5.32 Å². The highest BCUT2D eigenvalue weighted by Gasteiger charge is 2.14. The lowest BCUT2D eigenvalue weighted by Gasteiger charge is -2.15.